The van der Waals surface area contributed by atoms with Crippen LogP contribution in [0, 0.1) is 6.92 Å². The van der Waals surface area contributed by atoms with Crippen molar-refractivity contribution in [3.8, 4) is 0 Å². The maximum Gasteiger partial charge on any atom is 0.293 e. The second-order valence-electron chi connectivity index (χ2n) is 5.31. The molecule has 2 aromatic carbocycles. The van der Waals surface area contributed by atoms with Crippen molar-refractivity contribution in [2.24, 2.45) is 0 Å². The van der Waals surface area contributed by atoms with E-state index in [0.29, 0.717) is 9.93 Å². The highest BCUT2D eigenvalue weighted by molar-refractivity contribution is 8.18. The van der Waals surface area contributed by atoms with Gasteiger partial charge in [0.2, 0.25) is 0 Å². The Morgan fingerprint density at radius 3 is 2.57 bits per heavy atom. The van der Waals surface area contributed by atoms with Gasteiger partial charge < -0.3 is 0 Å². The van der Waals surface area contributed by atoms with E-state index in [9.17, 15) is 9.59 Å². The van der Waals surface area contributed by atoms with Gasteiger partial charge >= 0.3 is 0 Å². The summed E-state index contributed by atoms with van der Waals surface area (Å²) in [5.41, 5.74) is 2.90. The molecule has 3 rings (SSSR count). The Labute approximate surface area is 143 Å². The molecular weight excluding hydrogens is 330 g/mol. The number of aryl methyl sites for hydroxylation is 1. The first-order chi connectivity index (χ1) is 11.0. The van der Waals surface area contributed by atoms with Crippen LogP contribution >= 0.6 is 23.4 Å². The number of imide groups is 1. The molecule has 0 aromatic heterocycles. The van der Waals surface area contributed by atoms with E-state index in [1.54, 1.807) is 18.2 Å². The Bertz CT molecular complexity index is 799. The molecule has 0 unspecified atom stereocenters. The molecule has 1 saturated heterocycles. The molecule has 116 valence electrons. The number of carbonyl (C=O) groups excluding carboxylic acids is 2. The maximum atomic E-state index is 12.5. The molecule has 0 atom stereocenters. The molecule has 0 bridgehead atoms. The molecule has 0 N–H and O–H groups in total. The van der Waals surface area contributed by atoms with Crippen LogP contribution in [0.2, 0.25) is 5.02 Å². The van der Waals surface area contributed by atoms with Crippen LogP contribution < -0.4 is 0 Å². The molecule has 1 heterocycles. The van der Waals surface area contributed by atoms with Gasteiger partial charge in [0.15, 0.2) is 0 Å². The number of nitrogens with zero attached hydrogens (tertiary/aromatic N) is 1. The van der Waals surface area contributed by atoms with E-state index in [-0.39, 0.29) is 17.7 Å². The number of amides is 2. The zero-order valence-electron chi connectivity index (χ0n) is 12.5. The van der Waals surface area contributed by atoms with Crippen LogP contribution in [0.4, 0.5) is 4.79 Å². The van der Waals surface area contributed by atoms with E-state index >= 15 is 0 Å². The monoisotopic (exact) mass is 343 g/mol. The summed E-state index contributed by atoms with van der Waals surface area (Å²) in [5, 5.41) is 0.381. The van der Waals surface area contributed by atoms with Crippen molar-refractivity contribution in [1.82, 2.24) is 4.90 Å². The highest BCUT2D eigenvalue weighted by Crippen LogP contribution is 2.33. The summed E-state index contributed by atoms with van der Waals surface area (Å²) in [6, 6.07) is 14.9. The van der Waals surface area contributed by atoms with Gasteiger partial charge in [-0.2, -0.15) is 0 Å². The van der Waals surface area contributed by atoms with Gasteiger partial charge in [0.05, 0.1) is 11.4 Å². The first-order valence-corrected chi connectivity index (χ1v) is 8.29. The molecule has 1 aliphatic heterocycles. The quantitative estimate of drug-likeness (QED) is 0.745. The van der Waals surface area contributed by atoms with E-state index in [2.05, 4.69) is 0 Å². The van der Waals surface area contributed by atoms with Crippen LogP contribution in [0.15, 0.2) is 53.4 Å². The number of benzene rings is 2. The summed E-state index contributed by atoms with van der Waals surface area (Å²) < 4.78 is 0. The Morgan fingerprint density at radius 2 is 1.87 bits per heavy atom. The number of carbonyl (C=O) groups is 2. The topological polar surface area (TPSA) is 37.4 Å². The van der Waals surface area contributed by atoms with E-state index in [0.717, 1.165) is 28.5 Å². The normalized spacial score (nSPS) is 16.4. The lowest BCUT2D eigenvalue weighted by Crippen LogP contribution is -2.27. The minimum absolute atomic E-state index is 0.246. The lowest BCUT2D eigenvalue weighted by molar-refractivity contribution is -0.123. The zero-order chi connectivity index (χ0) is 16.4. The zero-order valence-corrected chi connectivity index (χ0v) is 14.0. The second kappa shape index (κ2) is 6.60. The standard InChI is InChI=1S/C18H14ClNO2S/c1-12-3-2-4-14(9-12)10-16-17(21)20(18(22)23-16)11-13-5-7-15(19)8-6-13/h2-10H,11H2,1H3/b16-10+. The lowest BCUT2D eigenvalue weighted by Gasteiger charge is -2.12. The van der Waals surface area contributed by atoms with Crippen molar-refractivity contribution < 1.29 is 9.59 Å². The average molecular weight is 344 g/mol. The van der Waals surface area contributed by atoms with Crippen molar-refractivity contribution in [2.45, 2.75) is 13.5 Å². The number of thioether (sulfide) groups is 1. The molecule has 5 heteroatoms. The van der Waals surface area contributed by atoms with Crippen LogP contribution in [-0.2, 0) is 11.3 Å². The SMILES string of the molecule is Cc1cccc(/C=C2/SC(=O)N(Cc3ccc(Cl)cc3)C2=O)c1. The Kier molecular flexibility index (Phi) is 4.55. The number of hydrogen-bond donors (Lipinski definition) is 0. The molecular formula is C18H14ClNO2S. The highest BCUT2D eigenvalue weighted by atomic mass is 35.5. The summed E-state index contributed by atoms with van der Waals surface area (Å²) in [7, 11) is 0. The third kappa shape index (κ3) is 3.66. The van der Waals surface area contributed by atoms with Gasteiger partial charge in [-0.05, 0) is 48.0 Å². The molecule has 1 fully saturated rings. The van der Waals surface area contributed by atoms with E-state index < -0.39 is 0 Å². The smallest absolute Gasteiger partial charge is 0.268 e. The van der Waals surface area contributed by atoms with Crippen LogP contribution in [0.3, 0.4) is 0 Å². The first-order valence-electron chi connectivity index (χ1n) is 7.09. The van der Waals surface area contributed by atoms with E-state index in [1.165, 1.54) is 4.90 Å². The van der Waals surface area contributed by atoms with Crippen LogP contribution in [-0.4, -0.2) is 16.0 Å². The third-order valence-corrected chi connectivity index (χ3v) is 4.63. The Morgan fingerprint density at radius 1 is 1.13 bits per heavy atom. The van der Waals surface area contributed by atoms with Gasteiger partial charge in [0.1, 0.15) is 0 Å². The minimum Gasteiger partial charge on any atom is -0.268 e. The Hall–Kier alpha value is -2.04. The number of hydrogen-bond acceptors (Lipinski definition) is 3. The summed E-state index contributed by atoms with van der Waals surface area (Å²) in [6.07, 6.45) is 1.76. The van der Waals surface area contributed by atoms with E-state index in [4.69, 9.17) is 11.6 Å². The van der Waals surface area contributed by atoms with Gasteiger partial charge in [0.25, 0.3) is 11.1 Å². The maximum absolute atomic E-state index is 12.5. The van der Waals surface area contributed by atoms with Gasteiger partial charge in [-0.3, -0.25) is 14.5 Å². The minimum atomic E-state index is -0.253. The van der Waals surface area contributed by atoms with Crippen molar-refractivity contribution >= 4 is 40.6 Å². The first kappa shape index (κ1) is 15.8. The summed E-state index contributed by atoms with van der Waals surface area (Å²) in [4.78, 5) is 26.3. The molecule has 0 aliphatic carbocycles. The van der Waals surface area contributed by atoms with E-state index in [1.807, 2.05) is 43.3 Å². The average Bonchev–Trinajstić information content (AvgIpc) is 2.77. The predicted molar refractivity (Wildman–Crippen MR) is 94.1 cm³/mol. The molecule has 0 saturated carbocycles. The predicted octanol–water partition coefficient (Wildman–Crippen LogP) is 4.88. The van der Waals surface area contributed by atoms with Gasteiger partial charge in [0, 0.05) is 5.02 Å². The molecule has 23 heavy (non-hydrogen) atoms. The van der Waals surface area contributed by atoms with Crippen LogP contribution in [0.25, 0.3) is 6.08 Å². The van der Waals surface area contributed by atoms with Crippen LogP contribution in [0.5, 0.6) is 0 Å². The summed E-state index contributed by atoms with van der Waals surface area (Å²) in [5.74, 6) is -0.253. The van der Waals surface area contributed by atoms with Crippen molar-refractivity contribution in [3.63, 3.8) is 0 Å². The fourth-order valence-electron chi connectivity index (χ4n) is 2.32. The fourth-order valence-corrected chi connectivity index (χ4v) is 3.28. The van der Waals surface area contributed by atoms with Gasteiger partial charge in [-0.25, -0.2) is 0 Å². The summed E-state index contributed by atoms with van der Waals surface area (Å²) >= 11 is 6.83. The molecule has 0 radical (unpaired) electrons. The van der Waals surface area contributed by atoms with Crippen molar-refractivity contribution in [1.29, 1.82) is 0 Å². The highest BCUT2D eigenvalue weighted by Gasteiger charge is 2.34. The lowest BCUT2D eigenvalue weighted by atomic mass is 10.1. The molecule has 0 spiro atoms. The summed E-state index contributed by atoms with van der Waals surface area (Å²) in [6.45, 7) is 2.25. The third-order valence-electron chi connectivity index (χ3n) is 3.47. The second-order valence-corrected chi connectivity index (χ2v) is 6.74. The van der Waals surface area contributed by atoms with Crippen molar-refractivity contribution in [3.05, 3.63) is 75.1 Å². The molecule has 3 nitrogen and oxygen atoms in total. The molecule has 1 aliphatic rings. The van der Waals surface area contributed by atoms with Crippen LogP contribution in [0.1, 0.15) is 16.7 Å². The molecule has 2 amide bonds. The number of halogens is 1. The fraction of sp³-hybridized carbons (Fsp3) is 0.111. The number of rotatable bonds is 3. The molecule has 2 aromatic rings. The van der Waals surface area contributed by atoms with Crippen molar-refractivity contribution in [2.75, 3.05) is 0 Å². The largest absolute Gasteiger partial charge is 0.293 e. The Balaban J connectivity index is 1.81. The van der Waals surface area contributed by atoms with Gasteiger partial charge in [-0.1, -0.05) is 53.6 Å². The van der Waals surface area contributed by atoms with Gasteiger partial charge in [-0.15, -0.1) is 0 Å².